The van der Waals surface area contributed by atoms with E-state index in [1.807, 2.05) is 47.8 Å². The summed E-state index contributed by atoms with van der Waals surface area (Å²) in [6, 6.07) is 14.1. The van der Waals surface area contributed by atoms with Crippen LogP contribution in [0, 0.1) is 0 Å². The van der Waals surface area contributed by atoms with Crippen molar-refractivity contribution in [3.63, 3.8) is 0 Å². The molecule has 1 aromatic carbocycles. The molecular weight excluding hydrogens is 294 g/mol. The van der Waals surface area contributed by atoms with E-state index in [-0.39, 0.29) is 5.78 Å². The van der Waals surface area contributed by atoms with E-state index in [9.17, 15) is 4.79 Å². The third-order valence-corrected chi connectivity index (χ3v) is 5.02. The van der Waals surface area contributed by atoms with Crippen molar-refractivity contribution in [2.24, 2.45) is 0 Å². The Kier molecular flexibility index (Phi) is 5.24. The highest BCUT2D eigenvalue weighted by molar-refractivity contribution is 7.12. The van der Waals surface area contributed by atoms with E-state index in [1.165, 1.54) is 17.8 Å². The predicted octanol–water partition coefficient (Wildman–Crippen LogP) is 3.86. The molecule has 0 saturated carbocycles. The number of rotatable bonds is 7. The molecule has 1 unspecified atom stereocenters. The second-order valence-electron chi connectivity index (χ2n) is 5.60. The van der Waals surface area contributed by atoms with Crippen molar-refractivity contribution < 1.29 is 9.53 Å². The quantitative estimate of drug-likeness (QED) is 0.727. The summed E-state index contributed by atoms with van der Waals surface area (Å²) in [5, 5.41) is 1.97. The van der Waals surface area contributed by atoms with Gasteiger partial charge in [0.25, 0.3) is 0 Å². The van der Waals surface area contributed by atoms with E-state index in [4.69, 9.17) is 4.74 Å². The molecule has 1 aliphatic heterocycles. The molecule has 0 spiro atoms. The minimum atomic E-state index is 0.274. The Hall–Kier alpha value is -1.65. The topological polar surface area (TPSA) is 29.5 Å². The second kappa shape index (κ2) is 7.56. The first-order valence-corrected chi connectivity index (χ1v) is 8.69. The van der Waals surface area contributed by atoms with Gasteiger partial charge in [-0.25, -0.2) is 0 Å². The SMILES string of the molecule is O=C(CC1CCCN1CCOc1ccccc1)c1cccs1. The molecule has 1 aliphatic rings. The van der Waals surface area contributed by atoms with Crippen molar-refractivity contribution in [3.05, 3.63) is 52.7 Å². The normalized spacial score (nSPS) is 18.5. The number of carbonyl (C=O) groups is 1. The summed E-state index contributed by atoms with van der Waals surface area (Å²) >= 11 is 1.54. The van der Waals surface area contributed by atoms with Gasteiger partial charge in [0.05, 0.1) is 4.88 Å². The summed E-state index contributed by atoms with van der Waals surface area (Å²) in [4.78, 5) is 15.5. The predicted molar refractivity (Wildman–Crippen MR) is 89.8 cm³/mol. The molecule has 0 aliphatic carbocycles. The van der Waals surface area contributed by atoms with Crippen LogP contribution in [0.25, 0.3) is 0 Å². The Morgan fingerprint density at radius 1 is 1.23 bits per heavy atom. The third kappa shape index (κ3) is 3.96. The van der Waals surface area contributed by atoms with Crippen LogP contribution in [0.2, 0.25) is 0 Å². The lowest BCUT2D eigenvalue weighted by molar-refractivity contribution is 0.0937. The molecule has 3 nitrogen and oxygen atoms in total. The van der Waals surface area contributed by atoms with Crippen LogP contribution in [-0.4, -0.2) is 36.4 Å². The van der Waals surface area contributed by atoms with Gasteiger partial charge in [0.1, 0.15) is 12.4 Å². The van der Waals surface area contributed by atoms with Crippen LogP contribution < -0.4 is 4.74 Å². The maximum absolute atomic E-state index is 12.3. The first-order chi connectivity index (χ1) is 10.8. The van der Waals surface area contributed by atoms with E-state index >= 15 is 0 Å². The van der Waals surface area contributed by atoms with Gasteiger partial charge in [-0.05, 0) is 43.0 Å². The Labute approximate surface area is 135 Å². The van der Waals surface area contributed by atoms with Crippen LogP contribution >= 0.6 is 11.3 Å². The largest absolute Gasteiger partial charge is 0.492 e. The summed E-state index contributed by atoms with van der Waals surface area (Å²) in [6.45, 7) is 2.63. The number of hydrogen-bond acceptors (Lipinski definition) is 4. The lowest BCUT2D eigenvalue weighted by Gasteiger charge is -2.23. The summed E-state index contributed by atoms with van der Waals surface area (Å²) < 4.78 is 5.77. The lowest BCUT2D eigenvalue weighted by Crippen LogP contribution is -2.34. The van der Waals surface area contributed by atoms with E-state index in [2.05, 4.69) is 4.90 Å². The van der Waals surface area contributed by atoms with Crippen LogP contribution in [-0.2, 0) is 0 Å². The third-order valence-electron chi connectivity index (χ3n) is 4.11. The molecule has 4 heteroatoms. The van der Waals surface area contributed by atoms with E-state index in [0.29, 0.717) is 19.1 Å². The zero-order chi connectivity index (χ0) is 15.2. The average Bonchev–Trinajstić information content (AvgIpc) is 3.20. The fourth-order valence-corrected chi connectivity index (χ4v) is 3.65. The van der Waals surface area contributed by atoms with Crippen LogP contribution in [0.3, 0.4) is 0 Å². The first kappa shape index (κ1) is 15.3. The van der Waals surface area contributed by atoms with Gasteiger partial charge in [0, 0.05) is 19.0 Å². The maximum atomic E-state index is 12.3. The van der Waals surface area contributed by atoms with Crippen molar-refractivity contribution in [2.75, 3.05) is 19.7 Å². The zero-order valence-electron chi connectivity index (χ0n) is 12.6. The molecule has 1 fully saturated rings. The van der Waals surface area contributed by atoms with Gasteiger partial charge in [-0.3, -0.25) is 9.69 Å². The molecule has 0 radical (unpaired) electrons. The van der Waals surface area contributed by atoms with Crippen molar-refractivity contribution in [3.8, 4) is 5.75 Å². The standard InChI is InChI=1S/C18H21NO2S/c20-17(18-9-5-13-22-18)14-15-6-4-10-19(15)11-12-21-16-7-2-1-3-8-16/h1-3,5,7-9,13,15H,4,6,10-12,14H2. The van der Waals surface area contributed by atoms with Gasteiger partial charge in [-0.15, -0.1) is 11.3 Å². The first-order valence-electron chi connectivity index (χ1n) is 7.81. The van der Waals surface area contributed by atoms with Gasteiger partial charge in [0.2, 0.25) is 0 Å². The summed E-state index contributed by atoms with van der Waals surface area (Å²) in [5.74, 6) is 1.18. The Morgan fingerprint density at radius 3 is 2.86 bits per heavy atom. The summed E-state index contributed by atoms with van der Waals surface area (Å²) in [7, 11) is 0. The number of likely N-dealkylation sites (tertiary alicyclic amines) is 1. The summed E-state index contributed by atoms with van der Waals surface area (Å²) in [5.41, 5.74) is 0. The van der Waals surface area contributed by atoms with Crippen molar-refractivity contribution >= 4 is 17.1 Å². The highest BCUT2D eigenvalue weighted by Gasteiger charge is 2.26. The molecule has 0 N–H and O–H groups in total. The van der Waals surface area contributed by atoms with Crippen molar-refractivity contribution in [1.29, 1.82) is 0 Å². The molecule has 0 amide bonds. The van der Waals surface area contributed by atoms with Gasteiger partial charge in [-0.2, -0.15) is 0 Å². The Morgan fingerprint density at radius 2 is 2.09 bits per heavy atom. The number of benzene rings is 1. The van der Waals surface area contributed by atoms with Crippen LogP contribution in [0.4, 0.5) is 0 Å². The minimum Gasteiger partial charge on any atom is -0.492 e. The minimum absolute atomic E-state index is 0.274. The van der Waals surface area contributed by atoms with Crippen LogP contribution in [0.5, 0.6) is 5.75 Å². The van der Waals surface area contributed by atoms with E-state index in [0.717, 1.165) is 30.1 Å². The number of Topliss-reactive ketones (excluding diaryl/α,β-unsaturated/α-hetero) is 1. The Bertz CT molecular complexity index is 582. The molecule has 1 saturated heterocycles. The number of nitrogens with zero attached hydrogens (tertiary/aromatic N) is 1. The molecule has 116 valence electrons. The monoisotopic (exact) mass is 315 g/mol. The van der Waals surface area contributed by atoms with E-state index in [1.54, 1.807) is 0 Å². The number of carbonyl (C=O) groups excluding carboxylic acids is 1. The van der Waals surface area contributed by atoms with Crippen molar-refractivity contribution in [1.82, 2.24) is 4.90 Å². The molecule has 2 heterocycles. The number of hydrogen-bond donors (Lipinski definition) is 0. The fourth-order valence-electron chi connectivity index (χ4n) is 2.97. The van der Waals surface area contributed by atoms with Gasteiger partial charge < -0.3 is 4.74 Å². The van der Waals surface area contributed by atoms with Gasteiger partial charge >= 0.3 is 0 Å². The highest BCUT2D eigenvalue weighted by atomic mass is 32.1. The van der Waals surface area contributed by atoms with Gasteiger partial charge in [-0.1, -0.05) is 24.3 Å². The number of ether oxygens (including phenoxy) is 1. The van der Waals surface area contributed by atoms with E-state index < -0.39 is 0 Å². The molecule has 2 aromatic rings. The molecule has 22 heavy (non-hydrogen) atoms. The maximum Gasteiger partial charge on any atom is 0.174 e. The number of ketones is 1. The zero-order valence-corrected chi connectivity index (χ0v) is 13.4. The van der Waals surface area contributed by atoms with Crippen LogP contribution in [0.15, 0.2) is 47.8 Å². The van der Waals surface area contributed by atoms with Gasteiger partial charge in [0.15, 0.2) is 5.78 Å². The molecule has 0 bridgehead atoms. The Balaban J connectivity index is 1.47. The number of para-hydroxylation sites is 1. The fraction of sp³-hybridized carbons (Fsp3) is 0.389. The summed E-state index contributed by atoms with van der Waals surface area (Å²) in [6.07, 6.45) is 2.92. The smallest absolute Gasteiger partial charge is 0.174 e. The molecule has 3 rings (SSSR count). The second-order valence-corrected chi connectivity index (χ2v) is 6.55. The molecular formula is C18H21NO2S. The molecule has 1 aromatic heterocycles. The number of thiophene rings is 1. The average molecular weight is 315 g/mol. The van der Waals surface area contributed by atoms with Crippen LogP contribution in [0.1, 0.15) is 28.9 Å². The molecule has 1 atom stereocenters. The lowest BCUT2D eigenvalue weighted by atomic mass is 10.1. The van der Waals surface area contributed by atoms with Crippen molar-refractivity contribution in [2.45, 2.75) is 25.3 Å². The highest BCUT2D eigenvalue weighted by Crippen LogP contribution is 2.23.